The molecule has 0 aromatic carbocycles. The first-order valence-electron chi connectivity index (χ1n) is 6.06. The van der Waals surface area contributed by atoms with Gasteiger partial charge in [0, 0.05) is 12.7 Å². The van der Waals surface area contributed by atoms with E-state index in [4.69, 9.17) is 5.73 Å². The van der Waals surface area contributed by atoms with Gasteiger partial charge in [-0.3, -0.25) is 0 Å². The molecule has 0 radical (unpaired) electrons. The molecular weight excluding hydrogens is 200 g/mol. The van der Waals surface area contributed by atoms with E-state index in [2.05, 4.69) is 22.2 Å². The number of hydrogen-bond acceptors (Lipinski definition) is 4. The smallest absolute Gasteiger partial charge is 0.221 e. The van der Waals surface area contributed by atoms with Crippen molar-refractivity contribution in [3.05, 3.63) is 12.3 Å². The van der Waals surface area contributed by atoms with Crippen LogP contribution in [0.25, 0.3) is 0 Å². The first-order valence-corrected chi connectivity index (χ1v) is 6.06. The number of aromatic nitrogens is 2. The number of nitrogens with one attached hydrogen (secondary N) is 1. The van der Waals surface area contributed by atoms with Gasteiger partial charge in [-0.15, -0.1) is 0 Å². The predicted molar refractivity (Wildman–Crippen MR) is 66.1 cm³/mol. The van der Waals surface area contributed by atoms with Crippen molar-refractivity contribution in [2.24, 2.45) is 5.41 Å². The van der Waals surface area contributed by atoms with Crippen LogP contribution in [-0.4, -0.2) is 16.5 Å². The van der Waals surface area contributed by atoms with Gasteiger partial charge in [0.15, 0.2) is 0 Å². The summed E-state index contributed by atoms with van der Waals surface area (Å²) in [5.74, 6) is 1.18. The van der Waals surface area contributed by atoms with Gasteiger partial charge in [0.25, 0.3) is 0 Å². The predicted octanol–water partition coefficient (Wildman–Crippen LogP) is 2.44. The lowest BCUT2D eigenvalue weighted by atomic mass is 9.83. The summed E-state index contributed by atoms with van der Waals surface area (Å²) in [6.45, 7) is 3.28. The highest BCUT2D eigenvalue weighted by molar-refractivity contribution is 5.37. The molecule has 0 aliphatic heterocycles. The van der Waals surface area contributed by atoms with Crippen molar-refractivity contribution >= 4 is 11.8 Å². The molecule has 0 saturated heterocycles. The highest BCUT2D eigenvalue weighted by atomic mass is 15.1. The molecule has 4 nitrogen and oxygen atoms in total. The topological polar surface area (TPSA) is 63.8 Å². The fourth-order valence-electron chi connectivity index (χ4n) is 2.53. The van der Waals surface area contributed by atoms with Gasteiger partial charge in [-0.2, -0.15) is 4.98 Å². The minimum absolute atomic E-state index is 0.335. The van der Waals surface area contributed by atoms with E-state index in [1.807, 2.05) is 6.07 Å². The van der Waals surface area contributed by atoms with Crippen LogP contribution < -0.4 is 11.1 Å². The average molecular weight is 220 g/mol. The van der Waals surface area contributed by atoms with Gasteiger partial charge in [-0.05, 0) is 30.7 Å². The summed E-state index contributed by atoms with van der Waals surface area (Å²) in [4.78, 5) is 8.04. The summed E-state index contributed by atoms with van der Waals surface area (Å²) in [6.07, 6.45) is 8.31. The fraction of sp³-hybridized carbons (Fsp3) is 0.667. The molecule has 0 unspecified atom stereocenters. The summed E-state index contributed by atoms with van der Waals surface area (Å²) >= 11 is 0. The lowest BCUT2D eigenvalue weighted by Crippen LogP contribution is -2.26. The molecule has 0 bridgehead atoms. The first-order chi connectivity index (χ1) is 7.74. The monoisotopic (exact) mass is 220 g/mol. The number of anilines is 2. The number of nitrogens with zero attached hydrogens (tertiary/aromatic N) is 2. The third-order valence-corrected chi connectivity index (χ3v) is 3.73. The van der Waals surface area contributed by atoms with Crippen LogP contribution in [0, 0.1) is 5.41 Å². The molecule has 1 aliphatic rings. The SMILES string of the molecule is CCC1(CNc2ccnc(N)n2)CCCC1. The quantitative estimate of drug-likeness (QED) is 0.818. The minimum Gasteiger partial charge on any atom is -0.369 e. The summed E-state index contributed by atoms with van der Waals surface area (Å²) in [6, 6.07) is 1.87. The Labute approximate surface area is 96.7 Å². The Morgan fingerprint density at radius 2 is 2.19 bits per heavy atom. The highest BCUT2D eigenvalue weighted by Crippen LogP contribution is 2.40. The largest absolute Gasteiger partial charge is 0.369 e. The average Bonchev–Trinajstić information content (AvgIpc) is 2.76. The van der Waals surface area contributed by atoms with Crippen molar-refractivity contribution in [1.29, 1.82) is 0 Å². The second kappa shape index (κ2) is 4.68. The third-order valence-electron chi connectivity index (χ3n) is 3.73. The molecule has 88 valence electrons. The molecule has 4 heteroatoms. The van der Waals surface area contributed by atoms with Crippen LogP contribution in [0.15, 0.2) is 12.3 Å². The second-order valence-corrected chi connectivity index (χ2v) is 4.71. The standard InChI is InChI=1S/C12H20N4/c1-2-12(6-3-4-7-12)9-15-10-5-8-14-11(13)16-10/h5,8H,2-4,6-7,9H2,1H3,(H3,13,14,15,16). The van der Waals surface area contributed by atoms with Gasteiger partial charge < -0.3 is 11.1 Å². The molecule has 1 aromatic heterocycles. The Bertz CT molecular complexity index is 345. The van der Waals surface area contributed by atoms with Gasteiger partial charge in [0.05, 0.1) is 0 Å². The Kier molecular flexibility index (Phi) is 3.27. The molecule has 0 atom stereocenters. The summed E-state index contributed by atoms with van der Waals surface area (Å²) in [7, 11) is 0. The second-order valence-electron chi connectivity index (χ2n) is 4.71. The number of nitrogen functional groups attached to an aromatic ring is 1. The van der Waals surface area contributed by atoms with Crippen LogP contribution in [-0.2, 0) is 0 Å². The summed E-state index contributed by atoms with van der Waals surface area (Å²) in [5.41, 5.74) is 6.02. The van der Waals surface area contributed by atoms with Crippen LogP contribution in [0.5, 0.6) is 0 Å². The Morgan fingerprint density at radius 1 is 1.44 bits per heavy atom. The molecule has 1 aromatic rings. The number of hydrogen-bond donors (Lipinski definition) is 2. The maximum absolute atomic E-state index is 5.55. The fourth-order valence-corrected chi connectivity index (χ4v) is 2.53. The van der Waals surface area contributed by atoms with E-state index in [0.717, 1.165) is 12.4 Å². The van der Waals surface area contributed by atoms with E-state index in [1.54, 1.807) is 6.20 Å². The van der Waals surface area contributed by atoms with Gasteiger partial charge in [-0.25, -0.2) is 4.98 Å². The molecule has 2 rings (SSSR count). The van der Waals surface area contributed by atoms with E-state index < -0.39 is 0 Å². The van der Waals surface area contributed by atoms with Crippen molar-refractivity contribution < 1.29 is 0 Å². The van der Waals surface area contributed by atoms with Gasteiger partial charge >= 0.3 is 0 Å². The number of rotatable bonds is 4. The van der Waals surface area contributed by atoms with Crippen LogP contribution in [0.4, 0.5) is 11.8 Å². The van der Waals surface area contributed by atoms with Crippen LogP contribution in [0.2, 0.25) is 0 Å². The molecule has 3 N–H and O–H groups in total. The zero-order valence-corrected chi connectivity index (χ0v) is 9.87. The normalized spacial score (nSPS) is 18.6. The molecule has 1 heterocycles. The molecule has 0 spiro atoms. The van der Waals surface area contributed by atoms with Crippen LogP contribution in [0.1, 0.15) is 39.0 Å². The Balaban J connectivity index is 1.95. The maximum Gasteiger partial charge on any atom is 0.221 e. The van der Waals surface area contributed by atoms with E-state index >= 15 is 0 Å². The maximum atomic E-state index is 5.55. The van der Waals surface area contributed by atoms with E-state index in [0.29, 0.717) is 11.4 Å². The van der Waals surface area contributed by atoms with Crippen LogP contribution >= 0.6 is 0 Å². The van der Waals surface area contributed by atoms with Gasteiger partial charge in [0.1, 0.15) is 5.82 Å². The van der Waals surface area contributed by atoms with Crippen molar-refractivity contribution in [1.82, 2.24) is 9.97 Å². The van der Waals surface area contributed by atoms with Gasteiger partial charge in [-0.1, -0.05) is 19.8 Å². The first kappa shape index (κ1) is 11.2. The molecule has 1 saturated carbocycles. The van der Waals surface area contributed by atoms with E-state index in [-0.39, 0.29) is 0 Å². The zero-order valence-electron chi connectivity index (χ0n) is 9.87. The number of nitrogens with two attached hydrogens (primary N) is 1. The summed E-state index contributed by atoms with van der Waals surface area (Å²) in [5, 5.41) is 3.39. The Hall–Kier alpha value is -1.32. The van der Waals surface area contributed by atoms with Crippen LogP contribution in [0.3, 0.4) is 0 Å². The third kappa shape index (κ3) is 2.43. The van der Waals surface area contributed by atoms with Crippen molar-refractivity contribution in [2.45, 2.75) is 39.0 Å². The van der Waals surface area contributed by atoms with Crippen molar-refractivity contribution in [3.63, 3.8) is 0 Å². The minimum atomic E-state index is 0.335. The summed E-state index contributed by atoms with van der Waals surface area (Å²) < 4.78 is 0. The molecule has 16 heavy (non-hydrogen) atoms. The van der Waals surface area contributed by atoms with E-state index in [1.165, 1.54) is 32.1 Å². The lowest BCUT2D eigenvalue weighted by Gasteiger charge is -2.27. The van der Waals surface area contributed by atoms with Crippen molar-refractivity contribution in [3.8, 4) is 0 Å². The highest BCUT2D eigenvalue weighted by Gasteiger charge is 2.31. The molecule has 0 amide bonds. The zero-order chi connectivity index (χ0) is 11.4. The molecule has 1 fully saturated rings. The lowest BCUT2D eigenvalue weighted by molar-refractivity contribution is 0.306. The van der Waals surface area contributed by atoms with E-state index in [9.17, 15) is 0 Å². The van der Waals surface area contributed by atoms with Gasteiger partial charge in [0.2, 0.25) is 5.95 Å². The Morgan fingerprint density at radius 3 is 2.81 bits per heavy atom. The van der Waals surface area contributed by atoms with Crippen molar-refractivity contribution in [2.75, 3.05) is 17.6 Å². The molecular formula is C12H20N4. The molecule has 1 aliphatic carbocycles.